The molecule has 1 fully saturated rings. The summed E-state index contributed by atoms with van der Waals surface area (Å²) in [6.45, 7) is -2.78. The largest absolute Gasteiger partial charge is 0.349 e. The maximum atomic E-state index is 12.5. The zero-order valence-electron chi connectivity index (χ0n) is 12.4. The van der Waals surface area contributed by atoms with Crippen molar-refractivity contribution in [1.82, 2.24) is 15.5 Å². The number of carbonyl (C=O) groups is 1. The van der Waals surface area contributed by atoms with Crippen LogP contribution in [0.1, 0.15) is 36.0 Å². The third-order valence-electron chi connectivity index (χ3n) is 4.05. The monoisotopic (exact) mass is 321 g/mol. The highest BCUT2D eigenvalue weighted by molar-refractivity contribution is 6.05. The zero-order chi connectivity index (χ0) is 16.2. The molecule has 1 aromatic carbocycles. The molecule has 5 nitrogen and oxygen atoms in total. The number of carbonyl (C=O) groups excluding carboxylic acids is 1. The lowest BCUT2D eigenvalue weighted by Crippen LogP contribution is -2.41. The van der Waals surface area contributed by atoms with Crippen LogP contribution in [0.2, 0.25) is 0 Å². The number of halogens is 2. The Hall–Kier alpha value is -2.15. The summed E-state index contributed by atoms with van der Waals surface area (Å²) in [5.41, 5.74) is 1.08. The number of aromatic nitrogens is 2. The maximum Gasteiger partial charge on any atom is 0.345 e. The first-order chi connectivity index (χ1) is 11.1. The van der Waals surface area contributed by atoms with Crippen LogP contribution in [0, 0.1) is 0 Å². The second-order valence-electron chi connectivity index (χ2n) is 5.63. The molecule has 23 heavy (non-hydrogen) atoms. The fourth-order valence-electron chi connectivity index (χ4n) is 3.00. The minimum atomic E-state index is -2.78. The Kier molecular flexibility index (Phi) is 4.76. The fraction of sp³-hybridized carbons (Fsp3) is 0.438. The smallest absolute Gasteiger partial charge is 0.345 e. The number of alkyl halides is 2. The van der Waals surface area contributed by atoms with Gasteiger partial charge >= 0.3 is 6.61 Å². The van der Waals surface area contributed by atoms with E-state index >= 15 is 0 Å². The Morgan fingerprint density at radius 2 is 2.13 bits per heavy atom. The summed E-state index contributed by atoms with van der Waals surface area (Å²) in [4.78, 5) is 12.5. The highest BCUT2D eigenvalue weighted by atomic mass is 19.3. The van der Waals surface area contributed by atoms with Gasteiger partial charge in [0.2, 0.25) is 0 Å². The molecule has 1 aliphatic rings. The molecule has 2 aromatic rings. The molecule has 1 N–H and O–H groups in total. The van der Waals surface area contributed by atoms with Crippen LogP contribution in [0.3, 0.4) is 0 Å². The molecule has 0 spiro atoms. The first kappa shape index (κ1) is 15.7. The van der Waals surface area contributed by atoms with Crippen molar-refractivity contribution in [2.75, 3.05) is 0 Å². The van der Waals surface area contributed by atoms with Crippen LogP contribution in [0.15, 0.2) is 30.5 Å². The lowest BCUT2D eigenvalue weighted by Gasteiger charge is -2.29. The third kappa shape index (κ3) is 3.79. The van der Waals surface area contributed by atoms with E-state index in [-0.39, 0.29) is 11.9 Å². The third-order valence-corrected chi connectivity index (χ3v) is 4.05. The first-order valence-electron chi connectivity index (χ1n) is 7.58. The molecular formula is C16H17F2N3O2. The van der Waals surface area contributed by atoms with E-state index < -0.39 is 12.7 Å². The summed E-state index contributed by atoms with van der Waals surface area (Å²) in [6.07, 6.45) is 3.40. The van der Waals surface area contributed by atoms with Crippen LogP contribution in [-0.4, -0.2) is 34.9 Å². The predicted octanol–water partition coefficient (Wildman–Crippen LogP) is 2.91. The number of hydrogen-bond donors (Lipinski definition) is 1. The van der Waals surface area contributed by atoms with E-state index in [9.17, 15) is 13.6 Å². The number of amides is 1. The van der Waals surface area contributed by atoms with Crippen molar-refractivity contribution < 1.29 is 18.3 Å². The van der Waals surface area contributed by atoms with E-state index in [2.05, 4.69) is 20.3 Å². The normalized spacial score (nSPS) is 21.5. The molecule has 3 rings (SSSR count). The minimum absolute atomic E-state index is 0.174. The lowest BCUT2D eigenvalue weighted by atomic mass is 9.92. The molecule has 1 heterocycles. The molecule has 1 aliphatic carbocycles. The molecule has 2 atom stereocenters. The summed E-state index contributed by atoms with van der Waals surface area (Å²) in [7, 11) is 0. The van der Waals surface area contributed by atoms with Crippen LogP contribution in [-0.2, 0) is 4.74 Å². The van der Waals surface area contributed by atoms with Crippen molar-refractivity contribution in [3.05, 3.63) is 36.0 Å². The topological polar surface area (TPSA) is 64.1 Å². The Morgan fingerprint density at radius 3 is 2.96 bits per heavy atom. The zero-order valence-corrected chi connectivity index (χ0v) is 12.4. The van der Waals surface area contributed by atoms with Gasteiger partial charge in [-0.25, -0.2) is 0 Å². The molecule has 0 radical (unpaired) electrons. The molecule has 7 heteroatoms. The Bertz CT molecular complexity index is 691. The number of ether oxygens (including phenoxy) is 1. The molecule has 2 unspecified atom stereocenters. The van der Waals surface area contributed by atoms with Gasteiger partial charge in [0.15, 0.2) is 0 Å². The van der Waals surface area contributed by atoms with Gasteiger partial charge in [0, 0.05) is 11.4 Å². The van der Waals surface area contributed by atoms with Crippen molar-refractivity contribution >= 4 is 16.8 Å². The van der Waals surface area contributed by atoms with Gasteiger partial charge in [-0.15, -0.1) is 0 Å². The Balaban J connectivity index is 1.71. The van der Waals surface area contributed by atoms with Gasteiger partial charge in [0.1, 0.15) is 0 Å². The van der Waals surface area contributed by atoms with Crippen LogP contribution in [0.5, 0.6) is 0 Å². The summed E-state index contributed by atoms with van der Waals surface area (Å²) >= 11 is 0. The van der Waals surface area contributed by atoms with E-state index in [1.165, 1.54) is 6.20 Å². The van der Waals surface area contributed by atoms with Gasteiger partial charge in [-0.3, -0.25) is 4.79 Å². The Labute approximate surface area is 132 Å². The molecule has 1 aromatic heterocycles. The predicted molar refractivity (Wildman–Crippen MR) is 80.1 cm³/mol. The van der Waals surface area contributed by atoms with Gasteiger partial charge in [-0.2, -0.15) is 19.0 Å². The summed E-state index contributed by atoms with van der Waals surface area (Å²) in [5.74, 6) is -0.265. The van der Waals surface area contributed by atoms with Crippen LogP contribution in [0.4, 0.5) is 8.78 Å². The van der Waals surface area contributed by atoms with Crippen molar-refractivity contribution in [3.8, 4) is 0 Å². The van der Waals surface area contributed by atoms with E-state index in [1.807, 2.05) is 18.2 Å². The van der Waals surface area contributed by atoms with Crippen molar-refractivity contribution in [3.63, 3.8) is 0 Å². The van der Waals surface area contributed by atoms with Crippen LogP contribution in [0.25, 0.3) is 10.9 Å². The molecule has 0 aliphatic heterocycles. The molecule has 0 saturated heterocycles. The van der Waals surface area contributed by atoms with Gasteiger partial charge in [0.25, 0.3) is 5.91 Å². The average Bonchev–Trinajstić information content (AvgIpc) is 2.54. The van der Waals surface area contributed by atoms with Crippen molar-refractivity contribution in [1.29, 1.82) is 0 Å². The number of benzene rings is 1. The molecule has 1 saturated carbocycles. The maximum absolute atomic E-state index is 12.5. The van der Waals surface area contributed by atoms with Gasteiger partial charge in [-0.1, -0.05) is 18.2 Å². The summed E-state index contributed by atoms with van der Waals surface area (Å²) in [6, 6.07) is 7.07. The van der Waals surface area contributed by atoms with Gasteiger partial charge < -0.3 is 10.1 Å². The summed E-state index contributed by atoms with van der Waals surface area (Å²) < 4.78 is 29.2. The highest BCUT2D eigenvalue weighted by Gasteiger charge is 2.26. The van der Waals surface area contributed by atoms with Gasteiger partial charge in [0.05, 0.1) is 23.4 Å². The number of fused-ring (bicyclic) bond motifs is 1. The SMILES string of the molecule is O=C(NC1CCCC(OC(F)F)C1)c1cnnc2ccccc12. The molecular weight excluding hydrogens is 304 g/mol. The van der Waals surface area contributed by atoms with Crippen LogP contribution < -0.4 is 5.32 Å². The number of hydrogen-bond acceptors (Lipinski definition) is 4. The Morgan fingerprint density at radius 1 is 1.30 bits per heavy atom. The van der Waals surface area contributed by atoms with Crippen LogP contribution >= 0.6 is 0 Å². The molecule has 0 bridgehead atoms. The number of nitrogens with one attached hydrogen (secondary N) is 1. The minimum Gasteiger partial charge on any atom is -0.349 e. The second kappa shape index (κ2) is 6.95. The molecule has 122 valence electrons. The standard InChI is InChI=1S/C16H17F2N3O2/c17-16(18)23-11-5-3-4-10(8-11)20-15(22)13-9-19-21-14-7-2-1-6-12(13)14/h1-2,6-7,9-11,16H,3-5,8H2,(H,20,22). The summed E-state index contributed by atoms with van der Waals surface area (Å²) in [5, 5.41) is 11.4. The fourth-order valence-corrected chi connectivity index (χ4v) is 3.00. The quantitative estimate of drug-likeness (QED) is 0.940. The first-order valence-corrected chi connectivity index (χ1v) is 7.58. The highest BCUT2D eigenvalue weighted by Crippen LogP contribution is 2.24. The van der Waals surface area contributed by atoms with E-state index in [0.29, 0.717) is 23.9 Å². The van der Waals surface area contributed by atoms with Crippen molar-refractivity contribution in [2.45, 2.75) is 44.4 Å². The van der Waals surface area contributed by atoms with Crippen molar-refractivity contribution in [2.24, 2.45) is 0 Å². The number of rotatable bonds is 4. The number of nitrogens with zero attached hydrogens (tertiary/aromatic N) is 2. The van der Waals surface area contributed by atoms with Gasteiger partial charge in [-0.05, 0) is 31.7 Å². The van der Waals surface area contributed by atoms with E-state index in [0.717, 1.165) is 18.2 Å². The lowest BCUT2D eigenvalue weighted by molar-refractivity contribution is -0.170. The second-order valence-corrected chi connectivity index (χ2v) is 5.63. The average molecular weight is 321 g/mol. The van der Waals surface area contributed by atoms with E-state index in [4.69, 9.17) is 0 Å². The van der Waals surface area contributed by atoms with E-state index in [1.54, 1.807) is 6.07 Å². The molecule has 1 amide bonds.